The van der Waals surface area contributed by atoms with Crippen LogP contribution in [-0.2, 0) is 10.0 Å². The zero-order valence-electron chi connectivity index (χ0n) is 17.3. The molecule has 4 rings (SSSR count). The van der Waals surface area contributed by atoms with Crippen molar-refractivity contribution in [3.63, 3.8) is 0 Å². The van der Waals surface area contributed by atoms with Crippen molar-refractivity contribution in [2.24, 2.45) is 0 Å². The summed E-state index contributed by atoms with van der Waals surface area (Å²) in [5.74, 6) is 2.31. The third-order valence-corrected chi connectivity index (χ3v) is 6.20. The normalized spacial score (nSPS) is 11.3. The molecule has 0 radical (unpaired) electrons. The second-order valence-electron chi connectivity index (χ2n) is 7.04. The quantitative estimate of drug-likeness (QED) is 0.488. The van der Waals surface area contributed by atoms with E-state index in [2.05, 4.69) is 19.7 Å². The molecule has 0 bridgehead atoms. The summed E-state index contributed by atoms with van der Waals surface area (Å²) >= 11 is 0. The number of anilines is 1. The van der Waals surface area contributed by atoms with Crippen LogP contribution in [0, 0.1) is 20.8 Å². The Bertz CT molecular complexity index is 1330. The number of nitrogens with one attached hydrogen (secondary N) is 1. The fourth-order valence-corrected chi connectivity index (χ4v) is 4.09. The largest absolute Gasteiger partial charge is 0.439 e. The SMILES string of the molecule is Cc1ccc(S(=O)(=O)Nc2ccc(Oc3cc(-n4ccnc4C)ncn3)cc2)cc1C. The zero-order chi connectivity index (χ0) is 22.0. The van der Waals surface area contributed by atoms with Crippen molar-refractivity contribution >= 4 is 15.7 Å². The van der Waals surface area contributed by atoms with Crippen molar-refractivity contribution < 1.29 is 13.2 Å². The van der Waals surface area contributed by atoms with Gasteiger partial charge in [-0.3, -0.25) is 9.29 Å². The van der Waals surface area contributed by atoms with Crippen LogP contribution in [0.5, 0.6) is 11.6 Å². The minimum Gasteiger partial charge on any atom is -0.439 e. The van der Waals surface area contributed by atoms with E-state index in [1.54, 1.807) is 60.9 Å². The van der Waals surface area contributed by atoms with E-state index < -0.39 is 10.0 Å². The highest BCUT2D eigenvalue weighted by Gasteiger charge is 2.15. The number of ether oxygens (including phenoxy) is 1. The summed E-state index contributed by atoms with van der Waals surface area (Å²) in [6, 6.07) is 13.4. The minimum absolute atomic E-state index is 0.222. The van der Waals surface area contributed by atoms with Crippen LogP contribution in [-0.4, -0.2) is 27.9 Å². The second kappa shape index (κ2) is 8.19. The van der Waals surface area contributed by atoms with Gasteiger partial charge in [0.25, 0.3) is 10.0 Å². The van der Waals surface area contributed by atoms with Gasteiger partial charge >= 0.3 is 0 Å². The fourth-order valence-electron chi connectivity index (χ4n) is 2.94. The molecule has 0 saturated heterocycles. The van der Waals surface area contributed by atoms with E-state index in [9.17, 15) is 8.42 Å². The summed E-state index contributed by atoms with van der Waals surface area (Å²) in [6.07, 6.45) is 4.91. The number of nitrogens with zero attached hydrogens (tertiary/aromatic N) is 4. The first-order chi connectivity index (χ1) is 14.8. The van der Waals surface area contributed by atoms with E-state index in [0.29, 0.717) is 23.1 Å². The number of rotatable bonds is 6. The predicted octanol–water partition coefficient (Wildman–Crippen LogP) is 4.18. The van der Waals surface area contributed by atoms with Crippen LogP contribution in [0.3, 0.4) is 0 Å². The molecular weight excluding hydrogens is 414 g/mol. The molecule has 0 atom stereocenters. The molecule has 8 nitrogen and oxygen atoms in total. The molecule has 2 aromatic carbocycles. The van der Waals surface area contributed by atoms with Crippen LogP contribution in [0.4, 0.5) is 5.69 Å². The monoisotopic (exact) mass is 435 g/mol. The van der Waals surface area contributed by atoms with Gasteiger partial charge in [-0.05, 0) is 68.3 Å². The summed E-state index contributed by atoms with van der Waals surface area (Å²) < 4.78 is 35.5. The smallest absolute Gasteiger partial charge is 0.261 e. The molecule has 4 aromatic rings. The molecule has 31 heavy (non-hydrogen) atoms. The molecule has 0 spiro atoms. The van der Waals surface area contributed by atoms with Gasteiger partial charge in [0.05, 0.1) is 4.90 Å². The number of aromatic nitrogens is 4. The van der Waals surface area contributed by atoms with Crippen LogP contribution < -0.4 is 9.46 Å². The number of sulfonamides is 1. The van der Waals surface area contributed by atoms with E-state index >= 15 is 0 Å². The molecule has 0 unspecified atom stereocenters. The number of benzene rings is 2. The Kier molecular flexibility index (Phi) is 5.43. The number of hydrogen-bond donors (Lipinski definition) is 1. The van der Waals surface area contributed by atoms with Crippen molar-refractivity contribution in [1.82, 2.24) is 19.5 Å². The standard InChI is InChI=1S/C22H21N5O3S/c1-15-4-9-20(12-16(15)2)31(28,29)26-18-5-7-19(8-6-18)30-22-13-21(24-14-25-22)27-11-10-23-17(27)3/h4-14,26H,1-3H3. The minimum atomic E-state index is -3.68. The first-order valence-corrected chi connectivity index (χ1v) is 11.0. The van der Waals surface area contributed by atoms with Gasteiger partial charge in [0.2, 0.25) is 5.88 Å². The van der Waals surface area contributed by atoms with Gasteiger partial charge < -0.3 is 4.74 Å². The van der Waals surface area contributed by atoms with E-state index in [1.807, 2.05) is 25.3 Å². The molecule has 1 N–H and O–H groups in total. The molecular formula is C22H21N5O3S. The van der Waals surface area contributed by atoms with E-state index in [-0.39, 0.29) is 4.90 Å². The molecule has 0 fully saturated rings. The van der Waals surface area contributed by atoms with Crippen molar-refractivity contribution in [1.29, 1.82) is 0 Å². The third-order valence-electron chi connectivity index (χ3n) is 4.82. The molecule has 0 amide bonds. The molecule has 2 aromatic heterocycles. The van der Waals surface area contributed by atoms with E-state index in [4.69, 9.17) is 4.74 Å². The highest BCUT2D eigenvalue weighted by atomic mass is 32.2. The molecule has 0 saturated carbocycles. The summed E-state index contributed by atoms with van der Waals surface area (Å²) in [6.45, 7) is 5.70. The summed E-state index contributed by atoms with van der Waals surface area (Å²) in [7, 11) is -3.68. The van der Waals surface area contributed by atoms with E-state index in [1.165, 1.54) is 6.33 Å². The van der Waals surface area contributed by atoms with Crippen molar-refractivity contribution in [2.75, 3.05) is 4.72 Å². The average molecular weight is 436 g/mol. The maximum Gasteiger partial charge on any atom is 0.261 e. The van der Waals surface area contributed by atoms with Gasteiger partial charge in [0, 0.05) is 24.1 Å². The molecule has 0 aliphatic carbocycles. The third kappa shape index (κ3) is 4.56. The molecule has 2 heterocycles. The maximum atomic E-state index is 12.7. The summed E-state index contributed by atoms with van der Waals surface area (Å²) in [4.78, 5) is 12.8. The van der Waals surface area contributed by atoms with Gasteiger partial charge in [0.1, 0.15) is 23.7 Å². The number of aryl methyl sites for hydroxylation is 3. The number of imidazole rings is 1. The Labute approximate surface area is 180 Å². The van der Waals surface area contributed by atoms with Crippen molar-refractivity contribution in [2.45, 2.75) is 25.7 Å². The van der Waals surface area contributed by atoms with Crippen LogP contribution >= 0.6 is 0 Å². The van der Waals surface area contributed by atoms with Crippen LogP contribution in [0.1, 0.15) is 17.0 Å². The first kappa shape index (κ1) is 20.5. The lowest BCUT2D eigenvalue weighted by atomic mass is 10.1. The molecule has 158 valence electrons. The van der Waals surface area contributed by atoms with Gasteiger partial charge in [-0.2, -0.15) is 0 Å². The van der Waals surface area contributed by atoms with Gasteiger partial charge in [-0.1, -0.05) is 6.07 Å². The Morgan fingerprint density at radius 3 is 2.35 bits per heavy atom. The van der Waals surface area contributed by atoms with Crippen LogP contribution in [0.2, 0.25) is 0 Å². The zero-order valence-corrected chi connectivity index (χ0v) is 18.1. The Morgan fingerprint density at radius 1 is 0.903 bits per heavy atom. The Balaban J connectivity index is 1.49. The Hall–Kier alpha value is -3.72. The fraction of sp³-hybridized carbons (Fsp3) is 0.136. The molecule has 0 aliphatic rings. The highest BCUT2D eigenvalue weighted by molar-refractivity contribution is 7.92. The van der Waals surface area contributed by atoms with Crippen LogP contribution in [0.25, 0.3) is 5.82 Å². The maximum absolute atomic E-state index is 12.7. The van der Waals surface area contributed by atoms with Gasteiger partial charge in [-0.25, -0.2) is 23.4 Å². The molecule has 0 aliphatic heterocycles. The lowest BCUT2D eigenvalue weighted by molar-refractivity contribution is 0.461. The predicted molar refractivity (Wildman–Crippen MR) is 117 cm³/mol. The summed E-state index contributed by atoms with van der Waals surface area (Å²) in [5, 5.41) is 0. The summed E-state index contributed by atoms with van der Waals surface area (Å²) in [5.41, 5.74) is 2.39. The van der Waals surface area contributed by atoms with E-state index in [0.717, 1.165) is 17.0 Å². The lowest BCUT2D eigenvalue weighted by Crippen LogP contribution is -2.13. The molecule has 9 heteroatoms. The van der Waals surface area contributed by atoms with Crippen LogP contribution in [0.15, 0.2) is 72.1 Å². The second-order valence-corrected chi connectivity index (χ2v) is 8.72. The van der Waals surface area contributed by atoms with Gasteiger partial charge in [-0.15, -0.1) is 0 Å². The topological polar surface area (TPSA) is 99.0 Å². The van der Waals surface area contributed by atoms with Gasteiger partial charge in [0.15, 0.2) is 0 Å². The number of hydrogen-bond acceptors (Lipinski definition) is 6. The first-order valence-electron chi connectivity index (χ1n) is 9.52. The average Bonchev–Trinajstić information content (AvgIpc) is 3.17. The van der Waals surface area contributed by atoms with Crippen molar-refractivity contribution in [3.05, 3.63) is 84.2 Å². The van der Waals surface area contributed by atoms with Crippen molar-refractivity contribution in [3.8, 4) is 17.4 Å². The highest BCUT2D eigenvalue weighted by Crippen LogP contribution is 2.24. The Morgan fingerprint density at radius 2 is 1.68 bits per heavy atom. The lowest BCUT2D eigenvalue weighted by Gasteiger charge is -2.11.